The molecule has 304 valence electrons. The minimum absolute atomic E-state index is 0.582. The van der Waals surface area contributed by atoms with Gasteiger partial charge in [0.05, 0.1) is 11.6 Å². The highest BCUT2D eigenvalue weighted by Crippen LogP contribution is 2.45. The predicted molar refractivity (Wildman–Crippen MR) is 273 cm³/mol. The first-order valence-electron chi connectivity index (χ1n) is 22.2. The first-order chi connectivity index (χ1) is 32.6. The second-order valence-corrected chi connectivity index (χ2v) is 17.0. The van der Waals surface area contributed by atoms with Crippen molar-refractivity contribution in [2.45, 2.75) is 0 Å². The molecule has 13 rings (SSSR count). The van der Waals surface area contributed by atoms with Crippen molar-refractivity contribution in [1.29, 1.82) is 5.26 Å². The molecule has 0 spiro atoms. The van der Waals surface area contributed by atoms with Crippen molar-refractivity contribution in [3.8, 4) is 73.6 Å². The maximum absolute atomic E-state index is 9.39. The van der Waals surface area contributed by atoms with Crippen molar-refractivity contribution in [3.05, 3.63) is 224 Å². The third-order valence-corrected chi connectivity index (χ3v) is 13.2. The SMILES string of the molecule is N#Cc1ccc(-c2cccc(-c3nc(-c4ccccc4)nc(-c4ccccc4-c4cccc(-c5cc6ccc7cccc8c9cccc%10ccc%11cccc(c(c5)c6c78)c%11c%109)c4)n3)c2)cc1. The molecule has 12 aromatic carbocycles. The Morgan fingerprint density at radius 1 is 0.273 bits per heavy atom. The van der Waals surface area contributed by atoms with Gasteiger partial charge in [-0.3, -0.25) is 0 Å². The molecule has 0 N–H and O–H groups in total. The number of nitrogens with zero attached hydrogens (tertiary/aromatic N) is 4. The lowest BCUT2D eigenvalue weighted by atomic mass is 9.86. The Balaban J connectivity index is 0.991. The van der Waals surface area contributed by atoms with Crippen LogP contribution in [-0.4, -0.2) is 15.0 Å². The van der Waals surface area contributed by atoms with Gasteiger partial charge < -0.3 is 0 Å². The number of fused-ring (bicyclic) bond motifs is 2. The molecule has 0 radical (unpaired) electrons. The van der Waals surface area contributed by atoms with E-state index in [2.05, 4.69) is 158 Å². The van der Waals surface area contributed by atoms with Crippen LogP contribution >= 0.6 is 0 Å². The highest BCUT2D eigenvalue weighted by Gasteiger charge is 2.19. The van der Waals surface area contributed by atoms with Crippen LogP contribution in [-0.2, 0) is 0 Å². The van der Waals surface area contributed by atoms with E-state index < -0.39 is 0 Å². The summed E-state index contributed by atoms with van der Waals surface area (Å²) in [6.07, 6.45) is 0. The van der Waals surface area contributed by atoms with Gasteiger partial charge in [-0.1, -0.05) is 182 Å². The molecule has 0 saturated heterocycles. The highest BCUT2D eigenvalue weighted by atomic mass is 15.0. The van der Waals surface area contributed by atoms with Gasteiger partial charge in [0.25, 0.3) is 0 Å². The lowest BCUT2D eigenvalue weighted by Crippen LogP contribution is -2.01. The van der Waals surface area contributed by atoms with E-state index in [4.69, 9.17) is 15.0 Å². The summed E-state index contributed by atoms with van der Waals surface area (Å²) in [5, 5.41) is 24.6. The van der Waals surface area contributed by atoms with Gasteiger partial charge in [-0.15, -0.1) is 0 Å². The van der Waals surface area contributed by atoms with Crippen molar-refractivity contribution < 1.29 is 0 Å². The van der Waals surface area contributed by atoms with Gasteiger partial charge in [0.15, 0.2) is 17.5 Å². The normalized spacial score (nSPS) is 11.6. The van der Waals surface area contributed by atoms with Gasteiger partial charge in [0.2, 0.25) is 0 Å². The Morgan fingerprint density at radius 3 is 1.39 bits per heavy atom. The van der Waals surface area contributed by atoms with Crippen molar-refractivity contribution in [3.63, 3.8) is 0 Å². The molecular weight excluding hydrogens is 801 g/mol. The summed E-state index contributed by atoms with van der Waals surface area (Å²) in [4.78, 5) is 15.5. The van der Waals surface area contributed by atoms with Gasteiger partial charge in [-0.05, 0) is 134 Å². The summed E-state index contributed by atoms with van der Waals surface area (Å²) >= 11 is 0. The predicted octanol–water partition coefficient (Wildman–Crippen LogP) is 16.1. The summed E-state index contributed by atoms with van der Waals surface area (Å²) in [6.45, 7) is 0. The van der Waals surface area contributed by atoms with E-state index in [-0.39, 0.29) is 0 Å². The van der Waals surface area contributed by atoms with Gasteiger partial charge in [-0.2, -0.15) is 5.26 Å². The molecule has 0 unspecified atom stereocenters. The number of aromatic nitrogens is 3. The molecule has 0 amide bonds. The van der Waals surface area contributed by atoms with E-state index in [9.17, 15) is 5.26 Å². The van der Waals surface area contributed by atoms with Crippen molar-refractivity contribution in [2.24, 2.45) is 0 Å². The van der Waals surface area contributed by atoms with Crippen LogP contribution in [0.15, 0.2) is 218 Å². The van der Waals surface area contributed by atoms with E-state index in [1.165, 1.54) is 64.6 Å². The summed E-state index contributed by atoms with van der Waals surface area (Å²) in [5.41, 5.74) is 9.73. The second-order valence-electron chi connectivity index (χ2n) is 17.0. The molecule has 0 aliphatic rings. The number of hydrogen-bond donors (Lipinski definition) is 0. The van der Waals surface area contributed by atoms with Crippen LogP contribution in [0.4, 0.5) is 0 Å². The van der Waals surface area contributed by atoms with E-state index in [0.29, 0.717) is 23.0 Å². The molecule has 0 fully saturated rings. The highest BCUT2D eigenvalue weighted by molar-refractivity contribution is 6.37. The average molecular weight is 837 g/mol. The lowest BCUT2D eigenvalue weighted by molar-refractivity contribution is 1.07. The summed E-state index contributed by atoms with van der Waals surface area (Å²) < 4.78 is 0. The molecule has 0 aliphatic heterocycles. The molecule has 4 heteroatoms. The topological polar surface area (TPSA) is 62.5 Å². The maximum Gasteiger partial charge on any atom is 0.164 e. The quantitative estimate of drug-likeness (QED) is 0.157. The smallest absolute Gasteiger partial charge is 0.164 e. The molecule has 0 saturated carbocycles. The van der Waals surface area contributed by atoms with E-state index in [1.807, 2.05) is 66.7 Å². The molecule has 66 heavy (non-hydrogen) atoms. The third kappa shape index (κ3) is 6.10. The van der Waals surface area contributed by atoms with E-state index >= 15 is 0 Å². The lowest BCUT2D eigenvalue weighted by Gasteiger charge is -2.17. The molecule has 1 aromatic heterocycles. The molecule has 4 nitrogen and oxygen atoms in total. The van der Waals surface area contributed by atoms with E-state index in [1.54, 1.807) is 0 Å². The largest absolute Gasteiger partial charge is 0.208 e. The van der Waals surface area contributed by atoms with Crippen LogP contribution in [0.25, 0.3) is 132 Å². The number of hydrogen-bond acceptors (Lipinski definition) is 4. The van der Waals surface area contributed by atoms with Gasteiger partial charge in [-0.25, -0.2) is 15.0 Å². The van der Waals surface area contributed by atoms with Gasteiger partial charge in [0.1, 0.15) is 0 Å². The molecule has 13 aromatic rings. The van der Waals surface area contributed by atoms with Crippen LogP contribution in [0.1, 0.15) is 5.56 Å². The Kier molecular flexibility index (Phi) is 8.56. The zero-order valence-electron chi connectivity index (χ0n) is 35.6. The molecular formula is C62H36N4. The zero-order valence-corrected chi connectivity index (χ0v) is 35.6. The second kappa shape index (κ2) is 15.1. The Morgan fingerprint density at radius 2 is 0.742 bits per heavy atom. The molecule has 1 heterocycles. The van der Waals surface area contributed by atoms with Crippen LogP contribution in [0, 0.1) is 11.3 Å². The first kappa shape index (κ1) is 37.5. The fourth-order valence-corrected chi connectivity index (χ4v) is 10.2. The van der Waals surface area contributed by atoms with Crippen LogP contribution < -0.4 is 0 Å². The molecule has 0 atom stereocenters. The monoisotopic (exact) mass is 836 g/mol. The van der Waals surface area contributed by atoms with Gasteiger partial charge >= 0.3 is 0 Å². The van der Waals surface area contributed by atoms with E-state index in [0.717, 1.165) is 50.1 Å². The zero-order chi connectivity index (χ0) is 43.7. The number of nitriles is 1. The number of rotatable bonds is 6. The fraction of sp³-hybridized carbons (Fsp3) is 0. The summed E-state index contributed by atoms with van der Waals surface area (Å²) in [7, 11) is 0. The van der Waals surface area contributed by atoms with Crippen LogP contribution in [0.5, 0.6) is 0 Å². The maximum atomic E-state index is 9.39. The minimum Gasteiger partial charge on any atom is -0.208 e. The molecule has 0 aliphatic carbocycles. The summed E-state index contributed by atoms with van der Waals surface area (Å²) in [6, 6.07) is 79.6. The fourth-order valence-electron chi connectivity index (χ4n) is 10.2. The Bertz CT molecular complexity index is 4100. The Hall–Kier alpha value is -9.04. The van der Waals surface area contributed by atoms with Crippen LogP contribution in [0.3, 0.4) is 0 Å². The van der Waals surface area contributed by atoms with Crippen molar-refractivity contribution in [1.82, 2.24) is 15.0 Å². The summed E-state index contributed by atoms with van der Waals surface area (Å²) in [5.74, 6) is 1.78. The van der Waals surface area contributed by atoms with Crippen molar-refractivity contribution >= 4 is 64.6 Å². The number of benzene rings is 11. The van der Waals surface area contributed by atoms with Gasteiger partial charge in [0, 0.05) is 16.7 Å². The minimum atomic E-state index is 0.582. The third-order valence-electron chi connectivity index (χ3n) is 13.2. The molecule has 0 bridgehead atoms. The first-order valence-corrected chi connectivity index (χ1v) is 22.2. The van der Waals surface area contributed by atoms with Crippen LogP contribution in [0.2, 0.25) is 0 Å². The Labute approximate surface area is 380 Å². The van der Waals surface area contributed by atoms with Crippen molar-refractivity contribution in [2.75, 3.05) is 0 Å². The average Bonchev–Trinajstić information content (AvgIpc) is 3.39. The standard InChI is InChI=1S/C62H36N4/c63-37-38-25-27-39(28-26-38)44-16-7-19-48(34-44)61-64-60(43-11-2-1-3-12-43)65-62(66-61)54-21-5-4-20-50(54)46-18-6-17-45(33-46)49-35-47-32-31-42-14-9-23-52-51-22-8-13-40-29-30-41-15-10-24-53(58(41)56(40)51)55(36-49)59(47)57(42)52/h1-36H.